The third kappa shape index (κ3) is 6.87. The third-order valence-corrected chi connectivity index (χ3v) is 6.72. The molecule has 11 heteroatoms. The quantitative estimate of drug-likeness (QED) is 0.294. The Morgan fingerprint density at radius 2 is 2.05 bits per heavy atom. The summed E-state index contributed by atoms with van der Waals surface area (Å²) in [5.74, 6) is -0.694. The number of anilines is 1. The number of amides is 1. The van der Waals surface area contributed by atoms with Crippen LogP contribution in [0.1, 0.15) is 35.4 Å². The Hall–Kier alpha value is -2.98. The lowest BCUT2D eigenvalue weighted by atomic mass is 10.1. The first kappa shape index (κ1) is 27.1. The van der Waals surface area contributed by atoms with E-state index in [1.54, 1.807) is 25.1 Å². The normalized spacial score (nSPS) is 14.8. The summed E-state index contributed by atoms with van der Waals surface area (Å²) in [6.07, 6.45) is 1.60. The molecule has 1 fully saturated rings. The molecule has 8 nitrogen and oxygen atoms in total. The smallest absolute Gasteiger partial charge is 0.258 e. The Morgan fingerprint density at radius 1 is 1.27 bits per heavy atom. The number of carbonyl (C=O) groups excluding carboxylic acids is 1. The zero-order valence-corrected chi connectivity index (χ0v) is 21.9. The summed E-state index contributed by atoms with van der Waals surface area (Å²) in [4.78, 5) is 23.7. The van der Waals surface area contributed by atoms with E-state index in [0.29, 0.717) is 23.4 Å². The van der Waals surface area contributed by atoms with Gasteiger partial charge < -0.3 is 20.5 Å². The first-order valence-electron chi connectivity index (χ1n) is 11.9. The number of nitrogens with two attached hydrogens (primary N) is 1. The number of nitrogen functional groups attached to an aromatic ring is 1. The maximum atomic E-state index is 14.0. The Kier molecular flexibility index (Phi) is 9.15. The summed E-state index contributed by atoms with van der Waals surface area (Å²) in [6, 6.07) is 9.63. The first-order valence-corrected chi connectivity index (χ1v) is 12.7. The topological polar surface area (TPSA) is 103 Å². The molecule has 1 atom stereocenters. The number of rotatable bonds is 9. The second kappa shape index (κ2) is 12.5. The number of carbonyl (C=O) groups is 1. The molecular weight excluding hydrogens is 520 g/mol. The fourth-order valence-corrected chi connectivity index (χ4v) is 4.68. The summed E-state index contributed by atoms with van der Waals surface area (Å²) in [6.45, 7) is 6.50. The van der Waals surface area contributed by atoms with Crippen molar-refractivity contribution >= 4 is 34.9 Å². The molecule has 1 aliphatic rings. The highest BCUT2D eigenvalue weighted by atomic mass is 35.5. The number of benzene rings is 2. The minimum Gasteiger partial charge on any atom is -0.467 e. The summed E-state index contributed by atoms with van der Waals surface area (Å²) in [5, 5.41) is 3.09. The minimum absolute atomic E-state index is 0.0411. The lowest BCUT2D eigenvalue weighted by Gasteiger charge is -2.26. The van der Waals surface area contributed by atoms with Crippen LogP contribution in [-0.2, 0) is 4.74 Å². The van der Waals surface area contributed by atoms with Crippen LogP contribution < -0.4 is 15.8 Å². The van der Waals surface area contributed by atoms with Gasteiger partial charge in [-0.05, 0) is 44.2 Å². The molecule has 2 heterocycles. The average Bonchev–Trinajstić information content (AvgIpc) is 2.91. The van der Waals surface area contributed by atoms with E-state index in [0.717, 1.165) is 39.3 Å². The van der Waals surface area contributed by atoms with Crippen molar-refractivity contribution in [1.29, 1.82) is 0 Å². The maximum absolute atomic E-state index is 14.0. The fourth-order valence-electron chi connectivity index (χ4n) is 4.00. The Bertz CT molecular complexity index is 1260. The van der Waals surface area contributed by atoms with E-state index >= 15 is 0 Å². The molecule has 1 aliphatic heterocycles. The van der Waals surface area contributed by atoms with Gasteiger partial charge >= 0.3 is 0 Å². The number of aromatic nitrogens is 2. The maximum Gasteiger partial charge on any atom is 0.258 e. The van der Waals surface area contributed by atoms with Crippen molar-refractivity contribution in [2.24, 2.45) is 0 Å². The van der Waals surface area contributed by atoms with Gasteiger partial charge in [0.25, 0.3) is 11.8 Å². The van der Waals surface area contributed by atoms with Crippen LogP contribution >= 0.6 is 23.2 Å². The highest BCUT2D eigenvalue weighted by Crippen LogP contribution is 2.35. The van der Waals surface area contributed by atoms with E-state index in [-0.39, 0.29) is 33.2 Å². The zero-order valence-electron chi connectivity index (χ0n) is 20.3. The number of halogens is 3. The van der Waals surface area contributed by atoms with Gasteiger partial charge in [-0.1, -0.05) is 35.3 Å². The van der Waals surface area contributed by atoms with E-state index < -0.39 is 11.9 Å². The van der Waals surface area contributed by atoms with Gasteiger partial charge in [0.05, 0.1) is 30.1 Å². The van der Waals surface area contributed by atoms with Crippen molar-refractivity contribution in [3.8, 4) is 17.1 Å². The van der Waals surface area contributed by atoms with Crippen molar-refractivity contribution in [3.63, 3.8) is 0 Å². The van der Waals surface area contributed by atoms with Crippen LogP contribution in [-0.4, -0.2) is 60.2 Å². The molecule has 0 radical (unpaired) electrons. The molecule has 0 saturated carbocycles. The average molecular weight is 548 g/mol. The highest BCUT2D eigenvalue weighted by Gasteiger charge is 2.21. The van der Waals surface area contributed by atoms with E-state index in [1.165, 1.54) is 18.3 Å². The lowest BCUT2D eigenvalue weighted by Crippen LogP contribution is -2.38. The SMILES string of the molecule is CC(Oc1nc(-c2cccc(C(=O)NCCCN3CCOCC3)c2)cnc1N)c1c(Cl)ccc(F)c1Cl. The van der Waals surface area contributed by atoms with Crippen LogP contribution in [0.5, 0.6) is 5.88 Å². The van der Waals surface area contributed by atoms with Crippen LogP contribution in [0.2, 0.25) is 10.0 Å². The van der Waals surface area contributed by atoms with Gasteiger partial charge in [-0.25, -0.2) is 14.4 Å². The molecule has 3 aromatic rings. The lowest BCUT2D eigenvalue weighted by molar-refractivity contribution is 0.0374. The van der Waals surface area contributed by atoms with Crippen LogP contribution in [0, 0.1) is 5.82 Å². The van der Waals surface area contributed by atoms with E-state index in [1.807, 2.05) is 6.07 Å². The van der Waals surface area contributed by atoms with Crippen LogP contribution in [0.25, 0.3) is 11.3 Å². The number of nitrogens with zero attached hydrogens (tertiary/aromatic N) is 3. The molecule has 196 valence electrons. The molecule has 1 saturated heterocycles. The Morgan fingerprint density at radius 3 is 2.84 bits per heavy atom. The Labute approximate surface area is 224 Å². The van der Waals surface area contributed by atoms with E-state index in [9.17, 15) is 9.18 Å². The second-order valence-corrected chi connectivity index (χ2v) is 9.39. The van der Waals surface area contributed by atoms with Crippen LogP contribution in [0.3, 0.4) is 0 Å². The first-order chi connectivity index (χ1) is 17.8. The number of hydrogen-bond acceptors (Lipinski definition) is 7. The third-order valence-electron chi connectivity index (χ3n) is 6.00. The monoisotopic (exact) mass is 547 g/mol. The molecule has 4 rings (SSSR count). The van der Waals surface area contributed by atoms with Crippen LogP contribution in [0.4, 0.5) is 10.2 Å². The van der Waals surface area contributed by atoms with Crippen LogP contribution in [0.15, 0.2) is 42.6 Å². The van der Waals surface area contributed by atoms with E-state index in [2.05, 4.69) is 20.2 Å². The summed E-state index contributed by atoms with van der Waals surface area (Å²) >= 11 is 12.3. The molecule has 3 N–H and O–H groups in total. The molecule has 1 unspecified atom stereocenters. The molecule has 0 spiro atoms. The Balaban J connectivity index is 1.43. The highest BCUT2D eigenvalue weighted by molar-refractivity contribution is 6.36. The molecule has 1 amide bonds. The van der Waals surface area contributed by atoms with Crippen molar-refractivity contribution in [1.82, 2.24) is 20.2 Å². The molecular formula is C26H28Cl2FN5O3. The second-order valence-electron chi connectivity index (χ2n) is 8.61. The summed E-state index contributed by atoms with van der Waals surface area (Å²) < 4.78 is 25.2. The molecule has 0 aliphatic carbocycles. The van der Waals surface area contributed by atoms with Gasteiger partial charge in [-0.15, -0.1) is 0 Å². The van der Waals surface area contributed by atoms with Gasteiger partial charge in [0.2, 0.25) is 0 Å². The van der Waals surface area contributed by atoms with Crippen molar-refractivity contribution in [2.45, 2.75) is 19.4 Å². The van der Waals surface area contributed by atoms with E-state index in [4.69, 9.17) is 38.4 Å². The summed E-state index contributed by atoms with van der Waals surface area (Å²) in [7, 11) is 0. The van der Waals surface area contributed by atoms with Crippen molar-refractivity contribution < 1.29 is 18.7 Å². The van der Waals surface area contributed by atoms with Gasteiger partial charge in [-0.2, -0.15) is 0 Å². The van der Waals surface area contributed by atoms with Gasteiger partial charge in [0.15, 0.2) is 5.82 Å². The van der Waals surface area contributed by atoms with Crippen molar-refractivity contribution in [2.75, 3.05) is 45.1 Å². The molecule has 1 aromatic heterocycles. The predicted octanol–water partition coefficient (Wildman–Crippen LogP) is 4.76. The number of morpholine rings is 1. The van der Waals surface area contributed by atoms with Gasteiger partial charge in [0, 0.05) is 41.3 Å². The number of hydrogen-bond donors (Lipinski definition) is 2. The summed E-state index contributed by atoms with van der Waals surface area (Å²) in [5.41, 5.74) is 7.88. The molecule has 2 aromatic carbocycles. The minimum atomic E-state index is -0.753. The standard InChI is InChI=1S/C26H28Cl2FN5O3/c1-16(22-19(27)6-7-20(29)23(22)28)37-26-24(30)32-15-21(33-26)17-4-2-5-18(14-17)25(35)31-8-3-9-34-10-12-36-13-11-34/h2,4-7,14-16H,3,8-13H2,1H3,(H2,30,32)(H,31,35). The largest absolute Gasteiger partial charge is 0.467 e. The number of ether oxygens (including phenoxy) is 2. The van der Waals surface area contributed by atoms with Gasteiger partial charge in [-0.3, -0.25) is 9.69 Å². The number of nitrogens with one attached hydrogen (secondary N) is 1. The predicted molar refractivity (Wildman–Crippen MR) is 142 cm³/mol. The van der Waals surface area contributed by atoms with Gasteiger partial charge in [0.1, 0.15) is 11.9 Å². The molecule has 37 heavy (non-hydrogen) atoms. The zero-order chi connectivity index (χ0) is 26.4. The fraction of sp³-hybridized carbons (Fsp3) is 0.346. The molecule has 0 bridgehead atoms. The van der Waals surface area contributed by atoms with Crippen molar-refractivity contribution in [3.05, 3.63) is 69.6 Å².